The minimum Gasteiger partial charge on any atom is -0.450 e. The third-order valence-corrected chi connectivity index (χ3v) is 5.77. The van der Waals surface area contributed by atoms with Crippen LogP contribution in [0, 0.1) is 5.82 Å². The Balaban J connectivity index is 1.80. The molecule has 2 aromatic heterocycles. The molecule has 0 saturated heterocycles. The minimum absolute atomic E-state index is 0.0782. The first-order chi connectivity index (χ1) is 14.6. The molecule has 0 radical (unpaired) electrons. The summed E-state index contributed by atoms with van der Waals surface area (Å²) in [4.78, 5) is 37.4. The van der Waals surface area contributed by atoms with Gasteiger partial charge in [0.05, 0.1) is 17.0 Å². The van der Waals surface area contributed by atoms with Crippen molar-refractivity contribution in [2.24, 2.45) is 0 Å². The number of benzene rings is 2. The third kappa shape index (κ3) is 2.80. The van der Waals surface area contributed by atoms with Crippen LogP contribution in [0.2, 0.25) is 0 Å². The summed E-state index contributed by atoms with van der Waals surface area (Å²) in [5, 5.41) is 0.0862. The van der Waals surface area contributed by atoms with Crippen molar-refractivity contribution in [1.29, 1.82) is 0 Å². The monoisotopic (exact) mass is 419 g/mol. The number of carbonyl (C=O) groups is 1. The molecule has 1 amide bonds. The minimum atomic E-state index is -0.783. The maximum absolute atomic E-state index is 13.8. The van der Waals surface area contributed by atoms with Gasteiger partial charge in [0.25, 0.3) is 5.91 Å². The molecule has 0 N–H and O–H groups in total. The summed E-state index contributed by atoms with van der Waals surface area (Å²) in [7, 11) is 0. The summed E-state index contributed by atoms with van der Waals surface area (Å²) in [6, 6.07) is 12.0. The highest BCUT2D eigenvalue weighted by Gasteiger charge is 2.44. The largest absolute Gasteiger partial charge is 0.450 e. The molecule has 1 aliphatic rings. The van der Waals surface area contributed by atoms with Crippen molar-refractivity contribution in [3.8, 4) is 0 Å². The molecule has 0 aliphatic carbocycles. The van der Waals surface area contributed by atoms with Gasteiger partial charge in [-0.2, -0.15) is 0 Å². The zero-order chi connectivity index (χ0) is 20.8. The van der Waals surface area contributed by atoms with Crippen LogP contribution in [-0.2, 0) is 0 Å². The lowest BCUT2D eigenvalue weighted by atomic mass is 9.98. The van der Waals surface area contributed by atoms with Crippen LogP contribution in [0.1, 0.15) is 27.7 Å². The van der Waals surface area contributed by atoms with E-state index in [9.17, 15) is 14.0 Å². The molecular weight excluding hydrogens is 405 g/mol. The molecule has 4 aromatic rings. The van der Waals surface area contributed by atoms with Gasteiger partial charge in [-0.25, -0.2) is 14.4 Å². The van der Waals surface area contributed by atoms with Crippen molar-refractivity contribution in [1.82, 2.24) is 9.97 Å². The second kappa shape index (κ2) is 7.07. The summed E-state index contributed by atoms with van der Waals surface area (Å²) in [5.74, 6) is -0.991. The molecule has 148 valence electrons. The van der Waals surface area contributed by atoms with E-state index in [0.29, 0.717) is 5.56 Å². The summed E-state index contributed by atoms with van der Waals surface area (Å²) >= 11 is 1.58. The third-order valence-electron chi connectivity index (χ3n) is 5.03. The van der Waals surface area contributed by atoms with Crippen LogP contribution in [0.15, 0.2) is 75.0 Å². The fourth-order valence-corrected chi connectivity index (χ4v) is 4.08. The second-order valence-electron chi connectivity index (χ2n) is 6.71. The number of hydrogen-bond donors (Lipinski definition) is 0. The molecule has 2 aromatic carbocycles. The van der Waals surface area contributed by atoms with Crippen molar-refractivity contribution in [2.45, 2.75) is 10.9 Å². The lowest BCUT2D eigenvalue weighted by Crippen LogP contribution is -2.31. The quantitative estimate of drug-likeness (QED) is 0.464. The molecule has 8 heteroatoms. The van der Waals surface area contributed by atoms with Crippen molar-refractivity contribution in [3.05, 3.63) is 93.9 Å². The van der Waals surface area contributed by atoms with Gasteiger partial charge in [-0.1, -0.05) is 12.1 Å². The van der Waals surface area contributed by atoms with Gasteiger partial charge in [-0.15, -0.1) is 11.8 Å². The molecule has 1 aliphatic heterocycles. The number of rotatable bonds is 3. The number of aromatic nitrogens is 2. The summed E-state index contributed by atoms with van der Waals surface area (Å²) in [6.45, 7) is 0. The number of fused-ring (bicyclic) bond motifs is 2. The van der Waals surface area contributed by atoms with Gasteiger partial charge in [0.2, 0.25) is 11.7 Å². The topological polar surface area (TPSA) is 76.3 Å². The van der Waals surface area contributed by atoms with E-state index in [1.54, 1.807) is 17.8 Å². The normalized spacial score (nSPS) is 15.6. The average molecular weight is 419 g/mol. The lowest BCUT2D eigenvalue weighted by Gasteiger charge is -2.23. The van der Waals surface area contributed by atoms with Crippen LogP contribution in [0.4, 0.5) is 10.3 Å². The Morgan fingerprint density at radius 2 is 1.80 bits per heavy atom. The van der Waals surface area contributed by atoms with E-state index in [0.717, 1.165) is 11.0 Å². The number of carbonyl (C=O) groups excluding carboxylic acids is 1. The summed E-state index contributed by atoms with van der Waals surface area (Å²) in [6.07, 6.45) is 5.00. The molecule has 5 rings (SSSR count). The van der Waals surface area contributed by atoms with Crippen molar-refractivity contribution in [3.63, 3.8) is 0 Å². The zero-order valence-electron chi connectivity index (χ0n) is 15.7. The SMILES string of the molecule is CSc1ccc(C2c3c(oc4ccc(F)cc4c3=O)C(=O)N2c2ncccn2)cc1. The van der Waals surface area contributed by atoms with E-state index < -0.39 is 23.2 Å². The molecule has 30 heavy (non-hydrogen) atoms. The fourth-order valence-electron chi connectivity index (χ4n) is 3.67. The Morgan fingerprint density at radius 1 is 1.07 bits per heavy atom. The van der Waals surface area contributed by atoms with Gasteiger partial charge < -0.3 is 4.42 Å². The van der Waals surface area contributed by atoms with E-state index >= 15 is 0 Å². The molecule has 3 heterocycles. The number of hydrogen-bond acceptors (Lipinski definition) is 6. The Bertz CT molecular complexity index is 1340. The van der Waals surface area contributed by atoms with E-state index in [1.807, 2.05) is 30.5 Å². The maximum atomic E-state index is 13.8. The van der Waals surface area contributed by atoms with Crippen molar-refractivity contribution in [2.75, 3.05) is 11.2 Å². The average Bonchev–Trinajstić information content (AvgIpc) is 3.07. The standard InChI is InChI=1S/C22H14FN3O3S/c1-30-14-6-3-12(4-7-14)18-17-19(27)15-11-13(23)5-8-16(15)29-20(17)21(28)26(18)22-24-9-2-10-25-22/h2-11,18H,1H3. The van der Waals surface area contributed by atoms with E-state index in [4.69, 9.17) is 4.42 Å². The molecular formula is C22H14FN3O3S. The highest BCUT2D eigenvalue weighted by Crippen LogP contribution is 2.40. The number of halogens is 1. The summed E-state index contributed by atoms with van der Waals surface area (Å²) < 4.78 is 19.6. The number of nitrogens with zero attached hydrogens (tertiary/aromatic N) is 3. The Hall–Kier alpha value is -3.52. The van der Waals surface area contributed by atoms with Crippen LogP contribution >= 0.6 is 11.8 Å². The Kier molecular flexibility index (Phi) is 4.36. The first-order valence-electron chi connectivity index (χ1n) is 9.09. The van der Waals surface area contributed by atoms with Gasteiger partial charge in [0.1, 0.15) is 11.4 Å². The highest BCUT2D eigenvalue weighted by atomic mass is 32.2. The van der Waals surface area contributed by atoms with Gasteiger partial charge in [-0.05, 0) is 48.2 Å². The summed E-state index contributed by atoms with van der Waals surface area (Å²) in [5.41, 5.74) is 0.565. The molecule has 1 atom stereocenters. The van der Waals surface area contributed by atoms with E-state index in [2.05, 4.69) is 9.97 Å². The zero-order valence-corrected chi connectivity index (χ0v) is 16.5. The molecule has 1 unspecified atom stereocenters. The second-order valence-corrected chi connectivity index (χ2v) is 7.59. The molecule has 6 nitrogen and oxygen atoms in total. The Labute approximate surface area is 174 Å². The van der Waals surface area contributed by atoms with Crippen molar-refractivity contribution >= 4 is 34.6 Å². The maximum Gasteiger partial charge on any atom is 0.297 e. The molecule has 0 bridgehead atoms. The van der Waals surface area contributed by atoms with Crippen LogP contribution in [0.25, 0.3) is 11.0 Å². The van der Waals surface area contributed by atoms with Crippen LogP contribution in [-0.4, -0.2) is 22.1 Å². The first-order valence-corrected chi connectivity index (χ1v) is 10.3. The predicted octanol–water partition coefficient (Wildman–Crippen LogP) is 4.19. The van der Waals surface area contributed by atoms with E-state index in [-0.39, 0.29) is 28.2 Å². The van der Waals surface area contributed by atoms with Crippen molar-refractivity contribution < 1.29 is 13.6 Å². The first kappa shape index (κ1) is 18.5. The van der Waals surface area contributed by atoms with Gasteiger partial charge in [-0.3, -0.25) is 14.5 Å². The van der Waals surface area contributed by atoms with Gasteiger partial charge >= 0.3 is 0 Å². The Morgan fingerprint density at radius 3 is 2.50 bits per heavy atom. The number of amides is 1. The smallest absolute Gasteiger partial charge is 0.297 e. The van der Waals surface area contributed by atoms with Gasteiger partial charge in [0, 0.05) is 17.3 Å². The highest BCUT2D eigenvalue weighted by molar-refractivity contribution is 7.98. The lowest BCUT2D eigenvalue weighted by molar-refractivity contribution is 0.0969. The molecule has 0 fully saturated rings. The molecule has 0 spiro atoms. The molecule has 0 saturated carbocycles. The number of thioether (sulfide) groups is 1. The predicted molar refractivity (Wildman–Crippen MR) is 111 cm³/mol. The van der Waals surface area contributed by atoms with Crippen LogP contribution in [0.5, 0.6) is 0 Å². The van der Waals surface area contributed by atoms with Crippen LogP contribution in [0.3, 0.4) is 0 Å². The van der Waals surface area contributed by atoms with Crippen LogP contribution < -0.4 is 10.3 Å². The van der Waals surface area contributed by atoms with Gasteiger partial charge in [0.15, 0.2) is 5.43 Å². The van der Waals surface area contributed by atoms with E-state index in [1.165, 1.54) is 29.4 Å². The number of anilines is 1. The fraction of sp³-hybridized carbons (Fsp3) is 0.0909.